The van der Waals surface area contributed by atoms with Gasteiger partial charge in [-0.05, 0) is 44.9 Å². The summed E-state index contributed by atoms with van der Waals surface area (Å²) < 4.78 is 5.22. The maximum atomic E-state index is 9.15. The Morgan fingerprint density at radius 1 is 1.21 bits per heavy atom. The molecule has 1 aromatic carbocycles. The standard InChI is InChI=1S/C15H21N3O/c1-17-12-4-6-13(7-5-12)18-15-9-14(19-2)8-3-11(15)10-16/h3,8-9,12-13,17-18H,4-7H2,1-2H3. The van der Waals surface area contributed by atoms with Crippen LogP contribution in [0.1, 0.15) is 31.2 Å². The van der Waals surface area contributed by atoms with Gasteiger partial charge in [-0.15, -0.1) is 0 Å². The summed E-state index contributed by atoms with van der Waals surface area (Å²) >= 11 is 0. The average molecular weight is 259 g/mol. The lowest BCUT2D eigenvalue weighted by molar-refractivity contribution is 0.371. The fourth-order valence-electron chi connectivity index (χ4n) is 2.61. The second-order valence-electron chi connectivity index (χ2n) is 5.00. The van der Waals surface area contributed by atoms with Crippen LogP contribution in [-0.2, 0) is 0 Å². The smallest absolute Gasteiger partial charge is 0.121 e. The Labute approximate surface area is 114 Å². The highest BCUT2D eigenvalue weighted by molar-refractivity contribution is 5.60. The van der Waals surface area contributed by atoms with Crippen molar-refractivity contribution in [1.29, 1.82) is 5.26 Å². The summed E-state index contributed by atoms with van der Waals surface area (Å²) in [6.07, 6.45) is 4.63. The number of hydrogen-bond donors (Lipinski definition) is 2. The minimum absolute atomic E-state index is 0.448. The molecule has 1 saturated carbocycles. The first-order valence-corrected chi connectivity index (χ1v) is 6.78. The number of benzene rings is 1. The molecular formula is C15H21N3O. The maximum Gasteiger partial charge on any atom is 0.121 e. The molecule has 2 rings (SSSR count). The Kier molecular flexibility index (Phi) is 4.64. The van der Waals surface area contributed by atoms with E-state index >= 15 is 0 Å². The molecule has 0 atom stereocenters. The van der Waals surface area contributed by atoms with Gasteiger partial charge in [-0.25, -0.2) is 0 Å². The van der Waals surface area contributed by atoms with E-state index < -0.39 is 0 Å². The number of hydrogen-bond acceptors (Lipinski definition) is 4. The lowest BCUT2D eigenvalue weighted by atomic mass is 9.91. The normalized spacial score (nSPS) is 22.6. The third-order valence-electron chi connectivity index (χ3n) is 3.84. The van der Waals surface area contributed by atoms with Gasteiger partial charge in [0.25, 0.3) is 0 Å². The number of nitriles is 1. The van der Waals surface area contributed by atoms with Crippen LogP contribution in [0.4, 0.5) is 5.69 Å². The van der Waals surface area contributed by atoms with E-state index in [9.17, 15) is 0 Å². The highest BCUT2D eigenvalue weighted by atomic mass is 16.5. The van der Waals surface area contributed by atoms with Gasteiger partial charge in [0.15, 0.2) is 0 Å². The summed E-state index contributed by atoms with van der Waals surface area (Å²) in [4.78, 5) is 0. The van der Waals surface area contributed by atoms with E-state index in [1.165, 1.54) is 12.8 Å². The van der Waals surface area contributed by atoms with Crippen LogP contribution in [0.15, 0.2) is 18.2 Å². The molecule has 4 heteroatoms. The fraction of sp³-hybridized carbons (Fsp3) is 0.533. The zero-order chi connectivity index (χ0) is 13.7. The second-order valence-corrected chi connectivity index (χ2v) is 5.00. The second kappa shape index (κ2) is 6.44. The molecule has 19 heavy (non-hydrogen) atoms. The molecule has 0 bridgehead atoms. The molecule has 0 amide bonds. The first-order valence-electron chi connectivity index (χ1n) is 6.78. The van der Waals surface area contributed by atoms with Gasteiger partial charge in [-0.1, -0.05) is 0 Å². The van der Waals surface area contributed by atoms with Crippen molar-refractivity contribution in [2.75, 3.05) is 19.5 Å². The van der Waals surface area contributed by atoms with E-state index in [1.54, 1.807) is 13.2 Å². The molecule has 2 N–H and O–H groups in total. The van der Waals surface area contributed by atoms with Crippen LogP contribution in [0, 0.1) is 11.3 Å². The molecule has 102 valence electrons. The van der Waals surface area contributed by atoms with Crippen molar-refractivity contribution in [3.63, 3.8) is 0 Å². The van der Waals surface area contributed by atoms with Crippen LogP contribution in [0.25, 0.3) is 0 Å². The van der Waals surface area contributed by atoms with Crippen LogP contribution in [0.5, 0.6) is 5.75 Å². The van der Waals surface area contributed by atoms with Crippen LogP contribution in [0.3, 0.4) is 0 Å². The third kappa shape index (κ3) is 3.39. The maximum absolute atomic E-state index is 9.15. The van der Waals surface area contributed by atoms with Crippen LogP contribution >= 0.6 is 0 Å². The molecular weight excluding hydrogens is 238 g/mol. The minimum atomic E-state index is 0.448. The molecule has 0 unspecified atom stereocenters. The summed E-state index contributed by atoms with van der Waals surface area (Å²) in [7, 11) is 3.66. The number of anilines is 1. The van der Waals surface area contributed by atoms with Gasteiger partial charge in [0.1, 0.15) is 11.8 Å². The Balaban J connectivity index is 2.04. The Hall–Kier alpha value is -1.73. The summed E-state index contributed by atoms with van der Waals surface area (Å²) in [5, 5.41) is 16.0. The predicted octanol–water partition coefficient (Wildman–Crippen LogP) is 2.51. The number of nitrogens with zero attached hydrogens (tertiary/aromatic N) is 1. The van der Waals surface area contributed by atoms with Crippen LogP contribution in [-0.4, -0.2) is 26.2 Å². The van der Waals surface area contributed by atoms with Crippen LogP contribution < -0.4 is 15.4 Å². The van der Waals surface area contributed by atoms with Gasteiger partial charge >= 0.3 is 0 Å². The molecule has 0 spiro atoms. The van der Waals surface area contributed by atoms with E-state index in [0.717, 1.165) is 24.3 Å². The molecule has 0 heterocycles. The number of rotatable bonds is 4. The van der Waals surface area contributed by atoms with Gasteiger partial charge in [-0.2, -0.15) is 5.26 Å². The van der Waals surface area contributed by atoms with Crippen molar-refractivity contribution in [3.05, 3.63) is 23.8 Å². The molecule has 1 aliphatic rings. The van der Waals surface area contributed by atoms with E-state index in [1.807, 2.05) is 19.2 Å². The molecule has 1 aliphatic carbocycles. The average Bonchev–Trinajstić information content (AvgIpc) is 2.48. The monoisotopic (exact) mass is 259 g/mol. The van der Waals surface area contributed by atoms with Gasteiger partial charge in [0, 0.05) is 18.2 Å². The molecule has 0 saturated heterocycles. The topological polar surface area (TPSA) is 57.1 Å². The van der Waals surface area contributed by atoms with Crippen molar-refractivity contribution < 1.29 is 4.74 Å². The van der Waals surface area contributed by atoms with Gasteiger partial charge in [0.05, 0.1) is 18.4 Å². The third-order valence-corrected chi connectivity index (χ3v) is 3.84. The largest absolute Gasteiger partial charge is 0.497 e. The van der Waals surface area contributed by atoms with Crippen molar-refractivity contribution in [3.8, 4) is 11.8 Å². The fourth-order valence-corrected chi connectivity index (χ4v) is 2.61. The zero-order valence-corrected chi connectivity index (χ0v) is 11.6. The number of nitrogens with one attached hydrogen (secondary N) is 2. The molecule has 4 nitrogen and oxygen atoms in total. The molecule has 1 fully saturated rings. The lowest BCUT2D eigenvalue weighted by Crippen LogP contribution is -2.35. The zero-order valence-electron chi connectivity index (χ0n) is 11.6. The molecule has 0 aromatic heterocycles. The Bertz CT molecular complexity index is 459. The Morgan fingerprint density at radius 2 is 1.89 bits per heavy atom. The highest BCUT2D eigenvalue weighted by Gasteiger charge is 2.20. The molecule has 1 aromatic rings. The first-order chi connectivity index (χ1) is 9.26. The summed E-state index contributed by atoms with van der Waals surface area (Å²) in [6, 6.07) is 8.84. The van der Waals surface area contributed by atoms with Gasteiger partial charge < -0.3 is 15.4 Å². The summed E-state index contributed by atoms with van der Waals surface area (Å²) in [5.74, 6) is 0.783. The first kappa shape index (κ1) is 13.7. The SMILES string of the molecule is CNC1CCC(Nc2cc(OC)ccc2C#N)CC1. The van der Waals surface area contributed by atoms with Gasteiger partial charge in [-0.3, -0.25) is 0 Å². The highest BCUT2D eigenvalue weighted by Crippen LogP contribution is 2.26. The molecule has 0 aliphatic heterocycles. The summed E-state index contributed by atoms with van der Waals surface area (Å²) in [6.45, 7) is 0. The predicted molar refractivity (Wildman–Crippen MR) is 76.4 cm³/mol. The van der Waals surface area contributed by atoms with E-state index in [-0.39, 0.29) is 0 Å². The number of methoxy groups -OCH3 is 1. The van der Waals surface area contributed by atoms with Gasteiger partial charge in [0.2, 0.25) is 0 Å². The van der Waals surface area contributed by atoms with Crippen molar-refractivity contribution in [2.45, 2.75) is 37.8 Å². The van der Waals surface area contributed by atoms with E-state index in [4.69, 9.17) is 10.00 Å². The minimum Gasteiger partial charge on any atom is -0.497 e. The van der Waals surface area contributed by atoms with Crippen molar-refractivity contribution in [1.82, 2.24) is 5.32 Å². The van der Waals surface area contributed by atoms with E-state index in [0.29, 0.717) is 17.6 Å². The lowest BCUT2D eigenvalue weighted by Gasteiger charge is -2.29. The van der Waals surface area contributed by atoms with E-state index in [2.05, 4.69) is 16.7 Å². The van der Waals surface area contributed by atoms with Crippen LogP contribution in [0.2, 0.25) is 0 Å². The quantitative estimate of drug-likeness (QED) is 0.872. The molecule has 0 radical (unpaired) electrons. The summed E-state index contributed by atoms with van der Waals surface area (Å²) in [5.41, 5.74) is 1.56. The van der Waals surface area contributed by atoms with Crippen molar-refractivity contribution in [2.24, 2.45) is 0 Å². The van der Waals surface area contributed by atoms with Crippen molar-refractivity contribution >= 4 is 5.69 Å². The number of ether oxygens (including phenoxy) is 1. The Morgan fingerprint density at radius 3 is 2.47 bits per heavy atom.